The first-order chi connectivity index (χ1) is 13.7. The van der Waals surface area contributed by atoms with Gasteiger partial charge in [0.25, 0.3) is 0 Å². The fourth-order valence-corrected chi connectivity index (χ4v) is 3.87. The number of nitrogens with zero attached hydrogens (tertiary/aromatic N) is 5. The van der Waals surface area contributed by atoms with E-state index >= 15 is 0 Å². The van der Waals surface area contributed by atoms with Gasteiger partial charge in [0, 0.05) is 48.3 Å². The number of anilines is 1. The van der Waals surface area contributed by atoms with Crippen molar-refractivity contribution in [2.24, 2.45) is 0 Å². The summed E-state index contributed by atoms with van der Waals surface area (Å²) in [6.07, 6.45) is 11.2. The molecule has 2 N–H and O–H groups in total. The zero-order valence-corrected chi connectivity index (χ0v) is 15.4. The van der Waals surface area contributed by atoms with E-state index in [1.54, 1.807) is 19.5 Å². The number of aromatic nitrogens is 6. The van der Waals surface area contributed by atoms with E-state index in [0.717, 1.165) is 36.6 Å². The van der Waals surface area contributed by atoms with E-state index in [0.29, 0.717) is 29.3 Å². The molecule has 4 aromatic heterocycles. The van der Waals surface area contributed by atoms with Crippen molar-refractivity contribution in [3.05, 3.63) is 36.8 Å². The number of hydrogen-bond donors (Lipinski definition) is 2. The molecule has 1 fully saturated rings. The molecule has 0 unspecified atom stereocenters. The number of aromatic amines is 1. The lowest BCUT2D eigenvalue weighted by molar-refractivity contribution is 0.0681. The third kappa shape index (κ3) is 2.97. The highest BCUT2D eigenvalue weighted by Gasteiger charge is 2.21. The van der Waals surface area contributed by atoms with Crippen molar-refractivity contribution in [2.75, 3.05) is 12.4 Å². The van der Waals surface area contributed by atoms with Gasteiger partial charge in [-0.25, -0.2) is 18.9 Å². The summed E-state index contributed by atoms with van der Waals surface area (Å²) in [5.41, 5.74) is 2.41. The maximum absolute atomic E-state index is 14.3. The van der Waals surface area contributed by atoms with Crippen LogP contribution in [0, 0.1) is 5.82 Å². The van der Waals surface area contributed by atoms with Crippen LogP contribution in [0.5, 0.6) is 0 Å². The minimum Gasteiger partial charge on any atom is -0.381 e. The maximum Gasteiger partial charge on any atom is 0.224 e. The van der Waals surface area contributed by atoms with Crippen LogP contribution in [0.3, 0.4) is 0 Å². The van der Waals surface area contributed by atoms with E-state index in [2.05, 4.69) is 30.4 Å². The number of methoxy groups -OCH3 is 1. The Hall–Kier alpha value is -3.07. The topological polar surface area (TPSA) is 93.0 Å². The quantitative estimate of drug-likeness (QED) is 0.564. The summed E-state index contributed by atoms with van der Waals surface area (Å²) in [6, 6.07) is 1.80. The van der Waals surface area contributed by atoms with Gasteiger partial charge in [-0.3, -0.25) is 0 Å². The van der Waals surface area contributed by atoms with E-state index in [-0.39, 0.29) is 5.65 Å². The SMILES string of the molecule is COC1CCC(Nc2ncc3c(-c4cc(F)c5ncnn5c4)c[nH]c3n2)CC1. The fraction of sp³-hybridized carbons (Fsp3) is 0.368. The van der Waals surface area contributed by atoms with Crippen molar-refractivity contribution in [2.45, 2.75) is 37.8 Å². The molecule has 8 nitrogen and oxygen atoms in total. The lowest BCUT2D eigenvalue weighted by Crippen LogP contribution is -2.29. The molecular formula is C19H20FN7O. The Morgan fingerprint density at radius 3 is 2.93 bits per heavy atom. The Balaban J connectivity index is 1.42. The molecule has 5 rings (SSSR count). The second kappa shape index (κ2) is 6.83. The highest BCUT2D eigenvalue weighted by molar-refractivity contribution is 5.93. The number of hydrogen-bond acceptors (Lipinski definition) is 6. The normalized spacial score (nSPS) is 20.1. The molecule has 144 valence electrons. The van der Waals surface area contributed by atoms with Crippen LogP contribution in [0.2, 0.25) is 0 Å². The van der Waals surface area contributed by atoms with E-state index in [1.165, 1.54) is 16.9 Å². The first kappa shape index (κ1) is 17.1. The van der Waals surface area contributed by atoms with Gasteiger partial charge in [-0.2, -0.15) is 10.1 Å². The van der Waals surface area contributed by atoms with Crippen molar-refractivity contribution in [1.82, 2.24) is 29.5 Å². The van der Waals surface area contributed by atoms with Crippen LogP contribution in [0.1, 0.15) is 25.7 Å². The number of ether oxygens (including phenoxy) is 1. The van der Waals surface area contributed by atoms with Gasteiger partial charge >= 0.3 is 0 Å². The van der Waals surface area contributed by atoms with Crippen molar-refractivity contribution in [1.29, 1.82) is 0 Å². The average molecular weight is 381 g/mol. The zero-order valence-electron chi connectivity index (χ0n) is 15.4. The average Bonchev–Trinajstić information content (AvgIpc) is 3.35. The number of halogens is 1. The van der Waals surface area contributed by atoms with Gasteiger partial charge < -0.3 is 15.0 Å². The largest absolute Gasteiger partial charge is 0.381 e. The molecule has 0 saturated heterocycles. The van der Waals surface area contributed by atoms with Crippen LogP contribution in [0.4, 0.5) is 10.3 Å². The summed E-state index contributed by atoms with van der Waals surface area (Å²) >= 11 is 0. The van der Waals surface area contributed by atoms with E-state index in [1.807, 2.05) is 6.20 Å². The Bertz CT molecular complexity index is 1130. The third-order valence-electron chi connectivity index (χ3n) is 5.41. The molecule has 1 aliphatic rings. The summed E-state index contributed by atoms with van der Waals surface area (Å²) in [5.74, 6) is 0.176. The highest BCUT2D eigenvalue weighted by Crippen LogP contribution is 2.29. The number of pyridine rings is 1. The van der Waals surface area contributed by atoms with Gasteiger partial charge in [0.2, 0.25) is 5.95 Å². The van der Waals surface area contributed by atoms with Crippen molar-refractivity contribution in [3.63, 3.8) is 0 Å². The fourth-order valence-electron chi connectivity index (χ4n) is 3.87. The van der Waals surface area contributed by atoms with Crippen LogP contribution in [0.15, 0.2) is 31.0 Å². The summed E-state index contributed by atoms with van der Waals surface area (Å²) < 4.78 is 21.1. The van der Waals surface area contributed by atoms with Crippen molar-refractivity contribution >= 4 is 22.6 Å². The molecule has 4 aromatic rings. The monoisotopic (exact) mass is 381 g/mol. The summed E-state index contributed by atoms with van der Waals surface area (Å²) in [4.78, 5) is 16.1. The molecule has 0 atom stereocenters. The van der Waals surface area contributed by atoms with Gasteiger partial charge in [0.05, 0.1) is 6.10 Å². The smallest absolute Gasteiger partial charge is 0.224 e. The van der Waals surface area contributed by atoms with Gasteiger partial charge in [-0.05, 0) is 31.7 Å². The first-order valence-electron chi connectivity index (χ1n) is 9.34. The molecule has 0 aromatic carbocycles. The molecular weight excluding hydrogens is 361 g/mol. The number of rotatable bonds is 4. The molecule has 0 spiro atoms. The number of fused-ring (bicyclic) bond motifs is 2. The van der Waals surface area contributed by atoms with Crippen molar-refractivity contribution < 1.29 is 9.13 Å². The third-order valence-corrected chi connectivity index (χ3v) is 5.41. The van der Waals surface area contributed by atoms with Crippen LogP contribution >= 0.6 is 0 Å². The van der Waals surface area contributed by atoms with Crippen molar-refractivity contribution in [3.8, 4) is 11.1 Å². The van der Waals surface area contributed by atoms with Gasteiger partial charge in [-0.1, -0.05) is 0 Å². The van der Waals surface area contributed by atoms with E-state index < -0.39 is 5.82 Å². The lowest BCUT2D eigenvalue weighted by atomic mass is 9.93. The Labute approximate surface area is 160 Å². The Morgan fingerprint density at radius 1 is 1.25 bits per heavy atom. The predicted molar refractivity (Wildman–Crippen MR) is 103 cm³/mol. The molecule has 4 heterocycles. The summed E-state index contributed by atoms with van der Waals surface area (Å²) in [6.45, 7) is 0. The van der Waals surface area contributed by atoms with Crippen LogP contribution < -0.4 is 5.32 Å². The highest BCUT2D eigenvalue weighted by atomic mass is 19.1. The van der Waals surface area contributed by atoms with Gasteiger partial charge in [0.15, 0.2) is 11.5 Å². The van der Waals surface area contributed by atoms with Crippen LogP contribution in [0.25, 0.3) is 27.8 Å². The second-order valence-electron chi connectivity index (χ2n) is 7.12. The standard InChI is InChI=1S/C19H20FN7O/c1-28-13-4-2-12(3-5-13)25-19-22-8-15-14(7-21-17(15)26-19)11-6-16(20)18-23-10-24-27(18)9-11/h6-10,12-13H,2-5H2,1H3,(H2,21,22,25,26). The first-order valence-corrected chi connectivity index (χ1v) is 9.34. The second-order valence-corrected chi connectivity index (χ2v) is 7.12. The zero-order chi connectivity index (χ0) is 19.1. The molecule has 9 heteroatoms. The van der Waals surface area contributed by atoms with Crippen LogP contribution in [-0.4, -0.2) is 48.8 Å². The van der Waals surface area contributed by atoms with Gasteiger partial charge in [0.1, 0.15) is 12.0 Å². The minimum atomic E-state index is -0.421. The Morgan fingerprint density at radius 2 is 2.11 bits per heavy atom. The van der Waals surface area contributed by atoms with Gasteiger partial charge in [-0.15, -0.1) is 0 Å². The molecule has 1 saturated carbocycles. The molecule has 0 radical (unpaired) electrons. The molecule has 28 heavy (non-hydrogen) atoms. The van der Waals surface area contributed by atoms with E-state index in [4.69, 9.17) is 4.74 Å². The minimum absolute atomic E-state index is 0.203. The lowest BCUT2D eigenvalue weighted by Gasteiger charge is -2.28. The number of H-pyrrole nitrogens is 1. The Kier molecular flexibility index (Phi) is 4.16. The van der Waals surface area contributed by atoms with E-state index in [9.17, 15) is 4.39 Å². The molecule has 0 aliphatic heterocycles. The van der Waals surface area contributed by atoms with Crippen LogP contribution in [-0.2, 0) is 4.74 Å². The predicted octanol–water partition coefficient (Wildman–Crippen LogP) is 3.18. The molecule has 0 bridgehead atoms. The summed E-state index contributed by atoms with van der Waals surface area (Å²) in [5, 5.41) is 8.27. The molecule has 0 amide bonds. The maximum atomic E-state index is 14.3. The summed E-state index contributed by atoms with van der Waals surface area (Å²) in [7, 11) is 1.77. The molecule has 1 aliphatic carbocycles. The number of nitrogens with one attached hydrogen (secondary N) is 2.